The van der Waals surface area contributed by atoms with Gasteiger partial charge < -0.3 is 35.1 Å². The number of carbonyl (C=O) groups excluding carboxylic acids is 1. The fraction of sp³-hybridized carbons (Fsp3) is 0.774. The third-order valence-corrected chi connectivity index (χ3v) is 7.90. The summed E-state index contributed by atoms with van der Waals surface area (Å²) in [4.78, 5) is 13.0. The van der Waals surface area contributed by atoms with E-state index in [1.54, 1.807) is 14.2 Å². The molecule has 8 heteroatoms. The summed E-state index contributed by atoms with van der Waals surface area (Å²) < 4.78 is 22.3. The topological polar surface area (TPSA) is 112 Å². The molecule has 1 aromatic carbocycles. The van der Waals surface area contributed by atoms with Gasteiger partial charge in [-0.2, -0.15) is 0 Å². The molecule has 1 saturated heterocycles. The number of carbonyl (C=O) groups is 1. The molecule has 224 valence electrons. The van der Waals surface area contributed by atoms with Crippen molar-refractivity contribution in [2.24, 2.45) is 29.4 Å². The molecular formula is C31H54N2O6. The van der Waals surface area contributed by atoms with Gasteiger partial charge in [0.25, 0.3) is 0 Å². The number of nitrogens with two attached hydrogens (primary N) is 1. The number of aliphatic hydroxyl groups excluding tert-OH is 1. The van der Waals surface area contributed by atoms with Gasteiger partial charge in [0, 0.05) is 45.2 Å². The minimum atomic E-state index is -0.758. The second-order valence-corrected chi connectivity index (χ2v) is 11.7. The smallest absolute Gasteiger partial charge is 0.223 e. The third-order valence-electron chi connectivity index (χ3n) is 7.90. The fourth-order valence-electron chi connectivity index (χ4n) is 5.18. The van der Waals surface area contributed by atoms with E-state index in [0.717, 1.165) is 50.0 Å². The number of rotatable bonds is 18. The molecule has 1 amide bonds. The highest BCUT2D eigenvalue weighted by molar-refractivity contribution is 5.78. The maximum Gasteiger partial charge on any atom is 0.223 e. The van der Waals surface area contributed by atoms with Crippen molar-refractivity contribution in [3.63, 3.8) is 0 Å². The molecule has 1 fully saturated rings. The van der Waals surface area contributed by atoms with E-state index in [0.29, 0.717) is 44.3 Å². The summed E-state index contributed by atoms with van der Waals surface area (Å²) in [6.45, 7) is 10.9. The van der Waals surface area contributed by atoms with Gasteiger partial charge in [0.15, 0.2) is 11.5 Å². The molecule has 0 bridgehead atoms. The summed E-state index contributed by atoms with van der Waals surface area (Å²) >= 11 is 0. The predicted molar refractivity (Wildman–Crippen MR) is 155 cm³/mol. The van der Waals surface area contributed by atoms with Crippen molar-refractivity contribution >= 4 is 5.91 Å². The third kappa shape index (κ3) is 11.6. The molecule has 39 heavy (non-hydrogen) atoms. The Morgan fingerprint density at radius 1 is 1.10 bits per heavy atom. The summed E-state index contributed by atoms with van der Waals surface area (Å²) in [7, 11) is 3.32. The first-order chi connectivity index (χ1) is 18.7. The molecule has 1 aliphatic heterocycles. The van der Waals surface area contributed by atoms with Crippen LogP contribution in [0.25, 0.3) is 0 Å². The number of nitrogens with one attached hydrogen (secondary N) is 1. The molecule has 1 heterocycles. The molecule has 8 nitrogen and oxygen atoms in total. The molecule has 0 spiro atoms. The number of benzene rings is 1. The highest BCUT2D eigenvalue weighted by Crippen LogP contribution is 2.32. The van der Waals surface area contributed by atoms with Gasteiger partial charge >= 0.3 is 0 Å². The van der Waals surface area contributed by atoms with Gasteiger partial charge in [-0.25, -0.2) is 0 Å². The largest absolute Gasteiger partial charge is 0.493 e. The van der Waals surface area contributed by atoms with E-state index in [2.05, 4.69) is 25.2 Å². The minimum Gasteiger partial charge on any atom is -0.493 e. The molecule has 5 atom stereocenters. The summed E-state index contributed by atoms with van der Waals surface area (Å²) in [5.41, 5.74) is 7.70. The van der Waals surface area contributed by atoms with Gasteiger partial charge in [0.2, 0.25) is 5.91 Å². The van der Waals surface area contributed by atoms with Gasteiger partial charge in [-0.3, -0.25) is 4.79 Å². The van der Waals surface area contributed by atoms with Crippen LogP contribution >= 0.6 is 0 Å². The van der Waals surface area contributed by atoms with Crippen LogP contribution in [0.1, 0.15) is 71.8 Å². The summed E-state index contributed by atoms with van der Waals surface area (Å²) in [6, 6.07) is 5.62. The molecular weight excluding hydrogens is 496 g/mol. The van der Waals surface area contributed by atoms with E-state index in [1.807, 2.05) is 26.0 Å². The lowest BCUT2D eigenvalue weighted by molar-refractivity contribution is -0.128. The minimum absolute atomic E-state index is 0.0258. The molecule has 2 rings (SSSR count). The Morgan fingerprint density at radius 2 is 1.87 bits per heavy atom. The molecule has 1 unspecified atom stereocenters. The molecule has 0 aromatic heterocycles. The zero-order valence-corrected chi connectivity index (χ0v) is 25.1. The lowest BCUT2D eigenvalue weighted by Gasteiger charge is -2.30. The number of hydrogen-bond donors (Lipinski definition) is 3. The maximum atomic E-state index is 13.0. The predicted octanol–water partition coefficient (Wildman–Crippen LogP) is 4.35. The Balaban J connectivity index is 1.97. The van der Waals surface area contributed by atoms with Crippen LogP contribution in [0.15, 0.2) is 18.2 Å². The number of aliphatic hydroxyl groups is 1. The van der Waals surface area contributed by atoms with Crippen molar-refractivity contribution in [3.8, 4) is 11.5 Å². The first-order valence-corrected chi connectivity index (χ1v) is 14.8. The van der Waals surface area contributed by atoms with Gasteiger partial charge in [-0.1, -0.05) is 33.8 Å². The highest BCUT2D eigenvalue weighted by atomic mass is 16.5. The van der Waals surface area contributed by atoms with Crippen LogP contribution < -0.4 is 20.5 Å². The summed E-state index contributed by atoms with van der Waals surface area (Å²) in [5, 5.41) is 14.1. The average molecular weight is 551 g/mol. The van der Waals surface area contributed by atoms with Crippen LogP contribution in [0.2, 0.25) is 0 Å². The van der Waals surface area contributed by atoms with E-state index in [1.165, 1.54) is 0 Å². The van der Waals surface area contributed by atoms with Crippen molar-refractivity contribution < 1.29 is 28.8 Å². The lowest BCUT2D eigenvalue weighted by atomic mass is 9.81. The zero-order valence-electron chi connectivity index (χ0n) is 25.1. The average Bonchev–Trinajstić information content (AvgIpc) is 2.92. The van der Waals surface area contributed by atoms with Gasteiger partial charge in [-0.15, -0.1) is 0 Å². The Hall–Kier alpha value is -1.87. The van der Waals surface area contributed by atoms with Gasteiger partial charge in [-0.05, 0) is 74.0 Å². The maximum absolute atomic E-state index is 13.0. The van der Waals surface area contributed by atoms with Crippen LogP contribution in [0.4, 0.5) is 0 Å². The number of amides is 1. The van der Waals surface area contributed by atoms with E-state index in [9.17, 15) is 9.90 Å². The monoisotopic (exact) mass is 550 g/mol. The number of hydrogen-bond acceptors (Lipinski definition) is 7. The van der Waals surface area contributed by atoms with Crippen LogP contribution in [0.3, 0.4) is 0 Å². The molecule has 1 aliphatic rings. The summed E-state index contributed by atoms with van der Waals surface area (Å²) in [5.74, 6) is 1.84. The van der Waals surface area contributed by atoms with Crippen molar-refractivity contribution in [2.45, 2.75) is 90.9 Å². The SMILES string of the molecule is COCCCOc1cc(C[C@@H](C[C@H](N)[C@@H](O)C[C@H](C(=O)NCC2CCCCO2)C(C)C)C(C)C)ccc1OC. The van der Waals surface area contributed by atoms with Crippen LogP contribution in [0.5, 0.6) is 11.5 Å². The first-order valence-electron chi connectivity index (χ1n) is 14.8. The molecule has 1 aromatic rings. The van der Waals surface area contributed by atoms with E-state index in [-0.39, 0.29) is 29.8 Å². The Kier molecular flexibility index (Phi) is 15.2. The van der Waals surface area contributed by atoms with E-state index < -0.39 is 12.1 Å². The second kappa shape index (κ2) is 17.7. The molecule has 0 aliphatic carbocycles. The quantitative estimate of drug-likeness (QED) is 0.233. The Labute approximate surface area is 236 Å². The standard InChI is InChI=1S/C31H54N2O6/c1-21(2)24(16-23-11-12-29(37-6)30(17-23)39-15-9-13-36-5)18-27(32)28(34)19-26(22(3)4)31(35)33-20-25-10-7-8-14-38-25/h11-12,17,21-22,24-28,34H,7-10,13-16,18-20,32H2,1-6H3,(H,33,35)/t24-,25?,26-,27-,28-/m0/s1. The van der Waals surface area contributed by atoms with Crippen molar-refractivity contribution in [1.82, 2.24) is 5.32 Å². The van der Waals surface area contributed by atoms with Crippen LogP contribution in [-0.4, -0.2) is 69.8 Å². The fourth-order valence-corrected chi connectivity index (χ4v) is 5.18. The molecule has 4 N–H and O–H groups in total. The number of ether oxygens (including phenoxy) is 4. The normalized spacial score (nSPS) is 19.0. The Morgan fingerprint density at radius 3 is 2.49 bits per heavy atom. The van der Waals surface area contributed by atoms with Crippen molar-refractivity contribution in [3.05, 3.63) is 23.8 Å². The molecule has 0 saturated carbocycles. The van der Waals surface area contributed by atoms with Crippen LogP contribution in [0, 0.1) is 23.7 Å². The van der Waals surface area contributed by atoms with Gasteiger partial charge in [0.1, 0.15) is 0 Å². The molecule has 0 radical (unpaired) electrons. The van der Waals surface area contributed by atoms with E-state index >= 15 is 0 Å². The Bertz CT molecular complexity index is 827. The second-order valence-electron chi connectivity index (χ2n) is 11.7. The highest BCUT2D eigenvalue weighted by Gasteiger charge is 2.30. The van der Waals surface area contributed by atoms with Crippen molar-refractivity contribution in [2.75, 3.05) is 40.6 Å². The van der Waals surface area contributed by atoms with Crippen LogP contribution in [-0.2, 0) is 20.7 Å². The summed E-state index contributed by atoms with van der Waals surface area (Å²) in [6.07, 6.45) is 5.16. The van der Waals surface area contributed by atoms with Crippen molar-refractivity contribution in [1.29, 1.82) is 0 Å². The zero-order chi connectivity index (χ0) is 28.8. The van der Waals surface area contributed by atoms with E-state index in [4.69, 9.17) is 24.7 Å². The lowest BCUT2D eigenvalue weighted by Crippen LogP contribution is -2.44. The first kappa shape index (κ1) is 33.3. The van der Waals surface area contributed by atoms with Gasteiger partial charge in [0.05, 0.1) is 25.9 Å². The number of methoxy groups -OCH3 is 2.